The number of H-pyrrole nitrogens is 1. The van der Waals surface area contributed by atoms with E-state index < -0.39 is 0 Å². The molecular weight excluding hydrogens is 142 g/mol. The van der Waals surface area contributed by atoms with Crippen LogP contribution < -0.4 is 5.56 Å². The van der Waals surface area contributed by atoms with Crippen molar-refractivity contribution in [3.63, 3.8) is 0 Å². The Morgan fingerprint density at radius 1 is 1.64 bits per heavy atom. The van der Waals surface area contributed by atoms with E-state index in [1.54, 1.807) is 29.9 Å². The van der Waals surface area contributed by atoms with Crippen LogP contribution in [0.4, 0.5) is 0 Å². The summed E-state index contributed by atoms with van der Waals surface area (Å²) in [6.07, 6.45) is 5.18. The SMILES string of the molecule is Cc1cn2ccnc2[nH]c1=O. The zero-order chi connectivity index (χ0) is 7.84. The highest BCUT2D eigenvalue weighted by Gasteiger charge is 1.96. The number of aromatic amines is 1. The molecular formula is C7H7N3O. The molecule has 0 atom stereocenters. The number of hydrogen-bond donors (Lipinski definition) is 1. The highest BCUT2D eigenvalue weighted by atomic mass is 16.1. The number of hydrogen-bond acceptors (Lipinski definition) is 2. The Labute approximate surface area is 62.5 Å². The lowest BCUT2D eigenvalue weighted by Gasteiger charge is -1.93. The van der Waals surface area contributed by atoms with E-state index in [4.69, 9.17) is 0 Å². The van der Waals surface area contributed by atoms with Crippen LogP contribution in [0.2, 0.25) is 0 Å². The standard InChI is InChI=1S/C7H7N3O/c1-5-4-10-3-2-8-7(10)9-6(5)11/h2-4H,1H3,(H,8,9,11). The van der Waals surface area contributed by atoms with Crippen LogP contribution in [0.5, 0.6) is 0 Å². The van der Waals surface area contributed by atoms with Gasteiger partial charge in [0.2, 0.25) is 5.78 Å². The summed E-state index contributed by atoms with van der Waals surface area (Å²) >= 11 is 0. The van der Waals surface area contributed by atoms with Crippen molar-refractivity contribution in [2.45, 2.75) is 6.92 Å². The molecule has 56 valence electrons. The monoisotopic (exact) mass is 149 g/mol. The summed E-state index contributed by atoms with van der Waals surface area (Å²) in [4.78, 5) is 17.6. The quantitative estimate of drug-likeness (QED) is 0.586. The molecule has 0 amide bonds. The highest BCUT2D eigenvalue weighted by molar-refractivity contribution is 5.27. The second-order valence-electron chi connectivity index (χ2n) is 2.42. The van der Waals surface area contributed by atoms with Crippen LogP contribution in [0.1, 0.15) is 5.56 Å². The molecule has 0 aliphatic carbocycles. The van der Waals surface area contributed by atoms with Crippen molar-refractivity contribution in [2.75, 3.05) is 0 Å². The fraction of sp³-hybridized carbons (Fsp3) is 0.143. The molecule has 0 bridgehead atoms. The minimum Gasteiger partial charge on any atom is -0.292 e. The Hall–Kier alpha value is -1.58. The van der Waals surface area contributed by atoms with Crippen LogP contribution in [0, 0.1) is 6.92 Å². The van der Waals surface area contributed by atoms with Gasteiger partial charge < -0.3 is 0 Å². The first kappa shape index (κ1) is 6.15. The summed E-state index contributed by atoms with van der Waals surface area (Å²) in [6, 6.07) is 0. The third-order valence-corrected chi connectivity index (χ3v) is 1.58. The molecule has 4 nitrogen and oxygen atoms in total. The topological polar surface area (TPSA) is 50.2 Å². The van der Waals surface area contributed by atoms with Crippen molar-refractivity contribution in [1.29, 1.82) is 0 Å². The Balaban J connectivity index is 2.97. The highest BCUT2D eigenvalue weighted by Crippen LogP contribution is 1.93. The molecule has 4 heteroatoms. The smallest absolute Gasteiger partial charge is 0.255 e. The van der Waals surface area contributed by atoms with E-state index in [1.807, 2.05) is 0 Å². The van der Waals surface area contributed by atoms with Crippen LogP contribution >= 0.6 is 0 Å². The normalized spacial score (nSPS) is 10.6. The largest absolute Gasteiger partial charge is 0.292 e. The van der Waals surface area contributed by atoms with Crippen molar-refractivity contribution in [3.8, 4) is 0 Å². The first-order valence-corrected chi connectivity index (χ1v) is 3.30. The van der Waals surface area contributed by atoms with Crippen LogP contribution in [-0.2, 0) is 0 Å². The van der Waals surface area contributed by atoms with E-state index in [0.717, 1.165) is 0 Å². The van der Waals surface area contributed by atoms with Gasteiger partial charge in [-0.05, 0) is 6.92 Å². The maximum absolute atomic E-state index is 11.0. The lowest BCUT2D eigenvalue weighted by molar-refractivity contribution is 1.04. The van der Waals surface area contributed by atoms with Crippen LogP contribution in [0.15, 0.2) is 23.4 Å². The van der Waals surface area contributed by atoms with Gasteiger partial charge in [-0.3, -0.25) is 14.2 Å². The molecule has 0 fully saturated rings. The molecule has 11 heavy (non-hydrogen) atoms. The Morgan fingerprint density at radius 2 is 2.45 bits per heavy atom. The fourth-order valence-corrected chi connectivity index (χ4v) is 0.981. The second kappa shape index (κ2) is 1.95. The van der Waals surface area contributed by atoms with Gasteiger partial charge >= 0.3 is 0 Å². The van der Waals surface area contributed by atoms with Crippen LogP contribution in [0.3, 0.4) is 0 Å². The van der Waals surface area contributed by atoms with Crippen molar-refractivity contribution in [1.82, 2.24) is 14.4 Å². The van der Waals surface area contributed by atoms with Gasteiger partial charge in [-0.1, -0.05) is 0 Å². The Morgan fingerprint density at radius 3 is 3.27 bits per heavy atom. The number of aryl methyl sites for hydroxylation is 1. The van der Waals surface area contributed by atoms with Gasteiger partial charge in [-0.2, -0.15) is 0 Å². The summed E-state index contributed by atoms with van der Waals surface area (Å²) in [5, 5.41) is 0. The van der Waals surface area contributed by atoms with Gasteiger partial charge in [-0.15, -0.1) is 0 Å². The fourth-order valence-electron chi connectivity index (χ4n) is 0.981. The molecule has 2 aromatic rings. The molecule has 0 aliphatic rings. The lowest BCUT2D eigenvalue weighted by atomic mass is 10.4. The van der Waals surface area contributed by atoms with Gasteiger partial charge in [-0.25, -0.2) is 4.98 Å². The molecule has 2 rings (SSSR count). The summed E-state index contributed by atoms with van der Waals surface area (Å²) in [5.41, 5.74) is 0.610. The van der Waals surface area contributed by atoms with E-state index in [2.05, 4.69) is 9.97 Å². The number of nitrogens with zero attached hydrogens (tertiary/aromatic N) is 2. The van der Waals surface area contributed by atoms with Crippen LogP contribution in [0.25, 0.3) is 5.78 Å². The average Bonchev–Trinajstić information content (AvgIpc) is 2.36. The van der Waals surface area contributed by atoms with Crippen LogP contribution in [-0.4, -0.2) is 14.4 Å². The minimum atomic E-state index is -0.0799. The number of fused-ring (bicyclic) bond motifs is 1. The Kier molecular flexibility index (Phi) is 1.09. The number of nitrogens with one attached hydrogen (secondary N) is 1. The maximum Gasteiger partial charge on any atom is 0.255 e. The molecule has 0 spiro atoms. The van der Waals surface area contributed by atoms with E-state index in [-0.39, 0.29) is 5.56 Å². The van der Waals surface area contributed by atoms with Gasteiger partial charge in [0.15, 0.2) is 0 Å². The van der Waals surface area contributed by atoms with Gasteiger partial charge in [0.05, 0.1) is 0 Å². The summed E-state index contributed by atoms with van der Waals surface area (Å²) in [7, 11) is 0. The number of rotatable bonds is 0. The summed E-state index contributed by atoms with van der Waals surface area (Å²) in [6.45, 7) is 1.76. The van der Waals surface area contributed by atoms with E-state index in [0.29, 0.717) is 11.3 Å². The predicted molar refractivity (Wildman–Crippen MR) is 40.5 cm³/mol. The van der Waals surface area contributed by atoms with Gasteiger partial charge in [0.1, 0.15) is 0 Å². The van der Waals surface area contributed by atoms with Crippen molar-refractivity contribution in [3.05, 3.63) is 34.5 Å². The molecule has 0 saturated heterocycles. The van der Waals surface area contributed by atoms with Crippen molar-refractivity contribution >= 4 is 5.78 Å². The predicted octanol–water partition coefficient (Wildman–Crippen LogP) is 0.331. The molecule has 0 unspecified atom stereocenters. The van der Waals surface area contributed by atoms with Gasteiger partial charge in [0, 0.05) is 24.2 Å². The minimum absolute atomic E-state index is 0.0799. The number of imidazole rings is 1. The molecule has 2 heterocycles. The Bertz CT molecular complexity index is 440. The average molecular weight is 149 g/mol. The molecule has 1 N–H and O–H groups in total. The van der Waals surface area contributed by atoms with Gasteiger partial charge in [0.25, 0.3) is 5.56 Å². The first-order valence-electron chi connectivity index (χ1n) is 3.30. The second-order valence-corrected chi connectivity index (χ2v) is 2.42. The third-order valence-electron chi connectivity index (χ3n) is 1.58. The summed E-state index contributed by atoms with van der Waals surface area (Å²) < 4.78 is 1.77. The van der Waals surface area contributed by atoms with E-state index in [9.17, 15) is 4.79 Å². The molecule has 0 saturated carbocycles. The van der Waals surface area contributed by atoms with Crippen molar-refractivity contribution in [2.24, 2.45) is 0 Å². The zero-order valence-electron chi connectivity index (χ0n) is 6.03. The molecule has 0 aromatic carbocycles. The van der Waals surface area contributed by atoms with E-state index in [1.165, 1.54) is 0 Å². The van der Waals surface area contributed by atoms with Crippen molar-refractivity contribution < 1.29 is 0 Å². The third kappa shape index (κ3) is 0.832. The molecule has 0 radical (unpaired) electrons. The maximum atomic E-state index is 11.0. The summed E-state index contributed by atoms with van der Waals surface area (Å²) in [5.74, 6) is 0.584. The number of aromatic nitrogens is 3. The first-order chi connectivity index (χ1) is 5.27. The van der Waals surface area contributed by atoms with E-state index >= 15 is 0 Å². The molecule has 2 aromatic heterocycles. The zero-order valence-corrected chi connectivity index (χ0v) is 6.03. The lowest BCUT2D eigenvalue weighted by Crippen LogP contribution is -2.11. The molecule has 0 aliphatic heterocycles.